The van der Waals surface area contributed by atoms with Gasteiger partial charge in [-0.25, -0.2) is 21.6 Å². The maximum atomic E-state index is 13.2. The van der Waals surface area contributed by atoms with Crippen LogP contribution in [-0.4, -0.2) is 40.3 Å². The number of rotatable bonds is 6. The van der Waals surface area contributed by atoms with Crippen molar-refractivity contribution in [2.75, 3.05) is 13.1 Å². The van der Waals surface area contributed by atoms with Crippen LogP contribution in [0.5, 0.6) is 0 Å². The maximum absolute atomic E-state index is 13.2. The highest BCUT2D eigenvalue weighted by Gasteiger charge is 2.32. The maximum Gasteiger partial charge on any atom is 0.243 e. The van der Waals surface area contributed by atoms with Gasteiger partial charge in [0.05, 0.1) is 9.79 Å². The fraction of sp³-hybridized carbons (Fsp3) is 0.500. The second kappa shape index (κ2) is 9.63. The van der Waals surface area contributed by atoms with Gasteiger partial charge in [-0.3, -0.25) is 0 Å². The smallest absolute Gasteiger partial charge is 0.208 e. The van der Waals surface area contributed by atoms with Gasteiger partial charge in [0, 0.05) is 19.1 Å². The summed E-state index contributed by atoms with van der Waals surface area (Å²) >= 11 is 0. The zero-order chi connectivity index (χ0) is 22.8. The molecule has 0 unspecified atom stereocenters. The molecule has 2 aliphatic rings. The van der Waals surface area contributed by atoms with Gasteiger partial charge in [0.25, 0.3) is 0 Å². The van der Waals surface area contributed by atoms with Gasteiger partial charge >= 0.3 is 0 Å². The number of piperidine rings is 1. The van der Waals surface area contributed by atoms with Gasteiger partial charge in [-0.05, 0) is 67.3 Å². The molecular weight excluding hydrogens is 444 g/mol. The molecule has 4 rings (SSSR count). The van der Waals surface area contributed by atoms with Crippen molar-refractivity contribution in [1.29, 1.82) is 0 Å². The molecule has 174 valence electrons. The van der Waals surface area contributed by atoms with Gasteiger partial charge in [0.2, 0.25) is 20.0 Å². The molecule has 1 saturated carbocycles. The molecule has 1 aliphatic carbocycles. The topological polar surface area (TPSA) is 83.5 Å². The van der Waals surface area contributed by atoms with E-state index in [0.29, 0.717) is 19.0 Å². The standard InChI is InChI=1S/C24H32N2O4S2/c1-19-8-5-6-12-24(19)25-31(27,28)22-13-15-23(16-14-22)32(29,30)26-17-7-11-21(18-26)20-9-3-2-4-10-20/h2-4,9-10,13-16,19,21,24-25H,5-8,11-12,17-18H2,1H3/t19-,21-,24-/m0/s1. The Kier molecular flexibility index (Phi) is 7.05. The summed E-state index contributed by atoms with van der Waals surface area (Å²) in [4.78, 5) is 0.242. The first-order chi connectivity index (χ1) is 15.3. The molecule has 0 spiro atoms. The highest BCUT2D eigenvalue weighted by Crippen LogP contribution is 2.31. The van der Waals surface area contributed by atoms with E-state index in [9.17, 15) is 16.8 Å². The van der Waals surface area contributed by atoms with Crippen molar-refractivity contribution in [3.63, 3.8) is 0 Å². The van der Waals surface area contributed by atoms with E-state index >= 15 is 0 Å². The first-order valence-corrected chi connectivity index (χ1v) is 14.4. The number of hydrogen-bond donors (Lipinski definition) is 1. The number of nitrogens with zero attached hydrogens (tertiary/aromatic N) is 1. The quantitative estimate of drug-likeness (QED) is 0.680. The third-order valence-electron chi connectivity index (χ3n) is 6.84. The Labute approximate surface area is 192 Å². The Balaban J connectivity index is 1.49. The van der Waals surface area contributed by atoms with Crippen LogP contribution in [0.4, 0.5) is 0 Å². The predicted molar refractivity (Wildman–Crippen MR) is 125 cm³/mol. The molecule has 1 saturated heterocycles. The van der Waals surface area contributed by atoms with Crippen LogP contribution in [0.2, 0.25) is 0 Å². The van der Waals surface area contributed by atoms with Crippen molar-refractivity contribution in [3.05, 3.63) is 60.2 Å². The van der Waals surface area contributed by atoms with Gasteiger partial charge in [-0.2, -0.15) is 4.31 Å². The molecular formula is C24H32N2O4S2. The van der Waals surface area contributed by atoms with Crippen molar-refractivity contribution < 1.29 is 16.8 Å². The summed E-state index contributed by atoms with van der Waals surface area (Å²) in [7, 11) is -7.37. The minimum atomic E-state index is -3.68. The lowest BCUT2D eigenvalue weighted by atomic mass is 9.87. The molecule has 1 heterocycles. The van der Waals surface area contributed by atoms with E-state index < -0.39 is 20.0 Å². The second-order valence-corrected chi connectivity index (χ2v) is 12.7. The molecule has 1 aliphatic heterocycles. The lowest BCUT2D eigenvalue weighted by Gasteiger charge is -2.32. The molecule has 2 aromatic carbocycles. The van der Waals surface area contributed by atoms with E-state index in [-0.39, 0.29) is 21.8 Å². The summed E-state index contributed by atoms with van der Waals surface area (Å²) in [6.07, 6.45) is 5.77. The minimum absolute atomic E-state index is 0.0690. The van der Waals surface area contributed by atoms with Gasteiger partial charge in [-0.1, -0.05) is 50.1 Å². The fourth-order valence-electron chi connectivity index (χ4n) is 4.86. The predicted octanol–water partition coefficient (Wildman–Crippen LogP) is 4.11. The number of sulfonamides is 2. The van der Waals surface area contributed by atoms with Gasteiger partial charge in [-0.15, -0.1) is 0 Å². The fourth-order valence-corrected chi connectivity index (χ4v) is 7.76. The monoisotopic (exact) mass is 476 g/mol. The third kappa shape index (κ3) is 5.09. The van der Waals surface area contributed by atoms with E-state index in [1.54, 1.807) is 0 Å². The van der Waals surface area contributed by atoms with Crippen LogP contribution < -0.4 is 4.72 Å². The summed E-state index contributed by atoms with van der Waals surface area (Å²) < 4.78 is 56.5. The lowest BCUT2D eigenvalue weighted by molar-refractivity contribution is 0.310. The van der Waals surface area contributed by atoms with Crippen molar-refractivity contribution >= 4 is 20.0 Å². The zero-order valence-corrected chi connectivity index (χ0v) is 20.1. The normalized spacial score (nSPS) is 25.5. The van der Waals surface area contributed by atoms with Crippen molar-refractivity contribution in [2.45, 2.75) is 67.2 Å². The molecule has 1 N–H and O–H groups in total. The highest BCUT2D eigenvalue weighted by atomic mass is 32.2. The molecule has 0 radical (unpaired) electrons. The van der Waals surface area contributed by atoms with Crippen molar-refractivity contribution in [2.24, 2.45) is 5.92 Å². The average Bonchev–Trinajstić information content (AvgIpc) is 2.81. The van der Waals surface area contributed by atoms with Crippen LogP contribution >= 0.6 is 0 Å². The van der Waals surface area contributed by atoms with Crippen LogP contribution in [0.25, 0.3) is 0 Å². The van der Waals surface area contributed by atoms with Crippen molar-refractivity contribution in [3.8, 4) is 0 Å². The van der Waals surface area contributed by atoms with E-state index in [4.69, 9.17) is 0 Å². The molecule has 2 fully saturated rings. The molecule has 0 bridgehead atoms. The number of benzene rings is 2. The Morgan fingerprint density at radius 3 is 2.16 bits per heavy atom. The Bertz CT molecular complexity index is 1120. The molecule has 0 aromatic heterocycles. The largest absolute Gasteiger partial charge is 0.243 e. The van der Waals surface area contributed by atoms with E-state index in [1.807, 2.05) is 30.3 Å². The Morgan fingerprint density at radius 1 is 0.812 bits per heavy atom. The third-order valence-corrected chi connectivity index (χ3v) is 10.2. The first-order valence-electron chi connectivity index (χ1n) is 11.4. The molecule has 0 amide bonds. The van der Waals surface area contributed by atoms with Gasteiger partial charge < -0.3 is 0 Å². The summed E-state index contributed by atoms with van der Waals surface area (Å²) in [6, 6.07) is 15.6. The van der Waals surface area contributed by atoms with E-state index in [0.717, 1.165) is 44.1 Å². The highest BCUT2D eigenvalue weighted by molar-refractivity contribution is 7.89. The van der Waals surface area contributed by atoms with Crippen LogP contribution in [0, 0.1) is 5.92 Å². The summed E-state index contributed by atoms with van der Waals surface area (Å²) in [5, 5.41) is 0. The van der Waals surface area contributed by atoms with Crippen molar-refractivity contribution in [1.82, 2.24) is 9.03 Å². The van der Waals surface area contributed by atoms with Crippen LogP contribution in [0.1, 0.15) is 56.9 Å². The number of hydrogen-bond acceptors (Lipinski definition) is 4. The molecule has 8 heteroatoms. The van der Waals surface area contributed by atoms with Crippen LogP contribution in [-0.2, 0) is 20.0 Å². The molecule has 6 nitrogen and oxygen atoms in total. The summed E-state index contributed by atoms with van der Waals surface area (Å²) in [6.45, 7) is 2.99. The average molecular weight is 477 g/mol. The summed E-state index contributed by atoms with van der Waals surface area (Å²) in [5.74, 6) is 0.468. The molecule has 32 heavy (non-hydrogen) atoms. The van der Waals surface area contributed by atoms with E-state index in [2.05, 4.69) is 11.6 Å². The van der Waals surface area contributed by atoms with E-state index in [1.165, 1.54) is 28.6 Å². The summed E-state index contributed by atoms with van der Waals surface area (Å²) in [5.41, 5.74) is 1.15. The SMILES string of the molecule is C[C@H]1CCCC[C@@H]1NS(=O)(=O)c1ccc(S(=O)(=O)N2CCC[C@H](c3ccccc3)C2)cc1. The Morgan fingerprint density at radius 2 is 1.47 bits per heavy atom. The molecule has 2 aromatic rings. The van der Waals surface area contributed by atoms with Crippen LogP contribution in [0.15, 0.2) is 64.4 Å². The van der Waals surface area contributed by atoms with Gasteiger partial charge in [0.15, 0.2) is 0 Å². The lowest BCUT2D eigenvalue weighted by Crippen LogP contribution is -2.41. The van der Waals surface area contributed by atoms with Gasteiger partial charge in [0.1, 0.15) is 0 Å². The number of nitrogens with one attached hydrogen (secondary N) is 1. The molecule has 3 atom stereocenters. The first kappa shape index (κ1) is 23.4. The van der Waals surface area contributed by atoms with Crippen LogP contribution in [0.3, 0.4) is 0 Å². The second-order valence-electron chi connectivity index (χ2n) is 9.07. The Hall–Kier alpha value is -1.74. The minimum Gasteiger partial charge on any atom is -0.208 e. The zero-order valence-electron chi connectivity index (χ0n) is 18.5.